The summed E-state index contributed by atoms with van der Waals surface area (Å²) in [6, 6.07) is 0.350. The van der Waals surface area contributed by atoms with Crippen molar-refractivity contribution in [1.29, 1.82) is 0 Å². The Hall–Kier alpha value is -1.67. The van der Waals surface area contributed by atoms with Crippen molar-refractivity contribution in [1.82, 2.24) is 15.0 Å². The van der Waals surface area contributed by atoms with Gasteiger partial charge in [0.25, 0.3) is 0 Å². The number of hydrogen-bond acceptors (Lipinski definition) is 8. The lowest BCUT2D eigenvalue weighted by Crippen LogP contribution is -2.39. The molecule has 0 atom stereocenters. The van der Waals surface area contributed by atoms with E-state index < -0.39 is 0 Å². The van der Waals surface area contributed by atoms with Gasteiger partial charge in [-0.15, -0.1) is 0 Å². The molecule has 0 aliphatic rings. The molecule has 1 aromatic rings. The quantitative estimate of drug-likeness (QED) is 0.512. The number of hydrogen-bond donors (Lipinski definition) is 2. The Labute approximate surface area is 126 Å². The maximum Gasteiger partial charge on any atom is 0.243 e. The molecule has 0 spiro atoms. The third-order valence-electron chi connectivity index (χ3n) is 3.32. The van der Waals surface area contributed by atoms with Crippen molar-refractivity contribution in [3.05, 3.63) is 0 Å². The highest BCUT2D eigenvalue weighted by molar-refractivity contribution is 5.44. The van der Waals surface area contributed by atoms with Crippen molar-refractivity contribution in [3.8, 4) is 0 Å². The van der Waals surface area contributed by atoms with Crippen LogP contribution in [0.4, 0.5) is 17.8 Å². The first-order valence-corrected chi connectivity index (χ1v) is 7.22. The molecule has 8 nitrogen and oxygen atoms in total. The molecule has 0 saturated heterocycles. The van der Waals surface area contributed by atoms with Gasteiger partial charge in [0.15, 0.2) is 0 Å². The van der Waals surface area contributed by atoms with E-state index in [1.807, 2.05) is 19.0 Å². The van der Waals surface area contributed by atoms with Gasteiger partial charge in [0.05, 0.1) is 6.61 Å². The number of nitrogens with two attached hydrogens (primary N) is 1. The first-order chi connectivity index (χ1) is 10.1. The van der Waals surface area contributed by atoms with Gasteiger partial charge in [0, 0.05) is 33.8 Å². The minimum Gasteiger partial charge on any atom is -0.383 e. The molecule has 0 amide bonds. The minimum absolute atomic E-state index is 0.350. The Kier molecular flexibility index (Phi) is 7.10. The Bertz CT molecular complexity index is 423. The molecule has 0 saturated carbocycles. The van der Waals surface area contributed by atoms with Gasteiger partial charge in [-0.3, -0.25) is 5.43 Å². The van der Waals surface area contributed by atoms with Crippen molar-refractivity contribution in [2.45, 2.75) is 32.7 Å². The zero-order chi connectivity index (χ0) is 15.8. The first-order valence-electron chi connectivity index (χ1n) is 7.22. The molecule has 0 unspecified atom stereocenters. The lowest BCUT2D eigenvalue weighted by molar-refractivity contribution is 0.202. The third kappa shape index (κ3) is 4.68. The van der Waals surface area contributed by atoms with Crippen LogP contribution in [0.1, 0.15) is 26.7 Å². The second-order valence-corrected chi connectivity index (χ2v) is 4.95. The summed E-state index contributed by atoms with van der Waals surface area (Å²) in [5.41, 5.74) is 2.50. The summed E-state index contributed by atoms with van der Waals surface area (Å²) in [5.74, 6) is 7.01. The molecule has 0 radical (unpaired) electrons. The maximum absolute atomic E-state index is 5.46. The highest BCUT2D eigenvalue weighted by Gasteiger charge is 2.20. The molecule has 120 valence electrons. The van der Waals surface area contributed by atoms with Crippen LogP contribution < -0.4 is 21.1 Å². The van der Waals surface area contributed by atoms with E-state index in [0.29, 0.717) is 30.5 Å². The summed E-state index contributed by atoms with van der Waals surface area (Å²) in [7, 11) is 5.46. The second kappa shape index (κ2) is 8.58. The molecule has 1 rings (SSSR count). The van der Waals surface area contributed by atoms with Gasteiger partial charge >= 0.3 is 0 Å². The van der Waals surface area contributed by atoms with Crippen LogP contribution in [0.25, 0.3) is 0 Å². The molecular formula is C13H27N7O. The maximum atomic E-state index is 5.46. The van der Waals surface area contributed by atoms with E-state index in [0.717, 1.165) is 19.4 Å². The van der Waals surface area contributed by atoms with Gasteiger partial charge in [-0.25, -0.2) is 5.84 Å². The van der Waals surface area contributed by atoms with Gasteiger partial charge in [0.2, 0.25) is 17.8 Å². The van der Waals surface area contributed by atoms with Crippen molar-refractivity contribution < 1.29 is 4.74 Å². The predicted molar refractivity (Wildman–Crippen MR) is 85.6 cm³/mol. The number of aromatic nitrogens is 3. The number of rotatable bonds is 9. The molecule has 0 aliphatic carbocycles. The average molecular weight is 297 g/mol. The van der Waals surface area contributed by atoms with Crippen molar-refractivity contribution in [2.75, 3.05) is 49.6 Å². The van der Waals surface area contributed by atoms with Crippen molar-refractivity contribution >= 4 is 17.8 Å². The molecule has 0 fully saturated rings. The molecule has 0 bridgehead atoms. The molecule has 1 aromatic heterocycles. The smallest absolute Gasteiger partial charge is 0.243 e. The molecule has 3 N–H and O–H groups in total. The molecule has 0 aromatic carbocycles. The summed E-state index contributed by atoms with van der Waals surface area (Å²) < 4.78 is 5.20. The standard InChI is InChI=1S/C13H27N7O/c1-6-10(7-2)20(8-9-21-5)13-16-11(18-14)15-12(17-13)19(3)4/h10H,6-9,14H2,1-5H3,(H,15,16,17,18). The Balaban J connectivity index is 3.18. The van der Waals surface area contributed by atoms with Crippen molar-refractivity contribution in [2.24, 2.45) is 5.84 Å². The predicted octanol–water partition coefficient (Wildman–Crippen LogP) is 0.865. The zero-order valence-electron chi connectivity index (χ0n) is 13.6. The van der Waals surface area contributed by atoms with E-state index in [4.69, 9.17) is 10.6 Å². The first kappa shape index (κ1) is 17.4. The van der Waals surface area contributed by atoms with Crippen LogP contribution in [-0.4, -0.2) is 55.4 Å². The molecule has 21 heavy (non-hydrogen) atoms. The number of methoxy groups -OCH3 is 1. The lowest BCUT2D eigenvalue weighted by atomic mass is 10.1. The van der Waals surface area contributed by atoms with Crippen LogP contribution in [0, 0.1) is 0 Å². The number of anilines is 3. The van der Waals surface area contributed by atoms with Crippen LogP contribution in [0.15, 0.2) is 0 Å². The number of nitrogens with zero attached hydrogens (tertiary/aromatic N) is 5. The monoisotopic (exact) mass is 297 g/mol. The number of nitrogen functional groups attached to an aromatic ring is 1. The highest BCUT2D eigenvalue weighted by Crippen LogP contribution is 2.19. The van der Waals surface area contributed by atoms with E-state index in [1.165, 1.54) is 0 Å². The van der Waals surface area contributed by atoms with Gasteiger partial charge in [-0.1, -0.05) is 13.8 Å². The van der Waals surface area contributed by atoms with Crippen molar-refractivity contribution in [3.63, 3.8) is 0 Å². The molecule has 0 aliphatic heterocycles. The summed E-state index contributed by atoms with van der Waals surface area (Å²) in [6.45, 7) is 5.66. The Morgan fingerprint density at radius 2 is 1.76 bits per heavy atom. The Morgan fingerprint density at radius 3 is 2.24 bits per heavy atom. The van der Waals surface area contributed by atoms with E-state index in [1.54, 1.807) is 7.11 Å². The normalized spacial score (nSPS) is 10.8. The summed E-state index contributed by atoms with van der Waals surface area (Å²) in [6.07, 6.45) is 2.02. The third-order valence-corrected chi connectivity index (χ3v) is 3.32. The highest BCUT2D eigenvalue weighted by atomic mass is 16.5. The zero-order valence-corrected chi connectivity index (χ0v) is 13.6. The van der Waals surface area contributed by atoms with Crippen LogP contribution in [-0.2, 0) is 4.74 Å². The second-order valence-electron chi connectivity index (χ2n) is 4.95. The van der Waals surface area contributed by atoms with E-state index in [2.05, 4.69) is 39.1 Å². The summed E-state index contributed by atoms with van der Waals surface area (Å²) in [5, 5.41) is 0. The SMILES string of the molecule is CCC(CC)N(CCOC)c1nc(NN)nc(N(C)C)n1. The van der Waals surface area contributed by atoms with Crippen LogP contribution in [0.3, 0.4) is 0 Å². The van der Waals surface area contributed by atoms with Gasteiger partial charge in [-0.05, 0) is 12.8 Å². The fourth-order valence-electron chi connectivity index (χ4n) is 2.11. The van der Waals surface area contributed by atoms with Crippen LogP contribution in [0.2, 0.25) is 0 Å². The molecule has 8 heteroatoms. The average Bonchev–Trinajstić information content (AvgIpc) is 2.50. The van der Waals surface area contributed by atoms with Gasteiger partial charge < -0.3 is 14.5 Å². The summed E-state index contributed by atoms with van der Waals surface area (Å²) in [4.78, 5) is 17.1. The minimum atomic E-state index is 0.350. The van der Waals surface area contributed by atoms with Crippen LogP contribution >= 0.6 is 0 Å². The van der Waals surface area contributed by atoms with E-state index in [-0.39, 0.29) is 0 Å². The van der Waals surface area contributed by atoms with Crippen LogP contribution in [0.5, 0.6) is 0 Å². The van der Waals surface area contributed by atoms with E-state index in [9.17, 15) is 0 Å². The number of hydrazine groups is 1. The van der Waals surface area contributed by atoms with Gasteiger partial charge in [0.1, 0.15) is 0 Å². The lowest BCUT2D eigenvalue weighted by Gasteiger charge is -2.31. The molecular weight excluding hydrogens is 270 g/mol. The topological polar surface area (TPSA) is 92.4 Å². The molecule has 1 heterocycles. The number of ether oxygens (including phenoxy) is 1. The Morgan fingerprint density at radius 1 is 1.14 bits per heavy atom. The van der Waals surface area contributed by atoms with Gasteiger partial charge in [-0.2, -0.15) is 15.0 Å². The number of nitrogens with one attached hydrogen (secondary N) is 1. The summed E-state index contributed by atoms with van der Waals surface area (Å²) >= 11 is 0. The van der Waals surface area contributed by atoms with E-state index >= 15 is 0 Å². The fourth-order valence-corrected chi connectivity index (χ4v) is 2.11. The fraction of sp³-hybridized carbons (Fsp3) is 0.769. The largest absolute Gasteiger partial charge is 0.383 e.